The van der Waals surface area contributed by atoms with Crippen LogP contribution in [0.15, 0.2) is 36.5 Å². The van der Waals surface area contributed by atoms with Gasteiger partial charge in [-0.3, -0.25) is 4.90 Å². The number of nitrogens with zero attached hydrogens (tertiary/aromatic N) is 4. The van der Waals surface area contributed by atoms with E-state index < -0.39 is 0 Å². The quantitative estimate of drug-likeness (QED) is 0.840. The van der Waals surface area contributed by atoms with Crippen LogP contribution in [-0.2, 0) is 13.0 Å². The smallest absolute Gasteiger partial charge is 0.225 e. The highest BCUT2D eigenvalue weighted by Gasteiger charge is 2.40. The fraction of sp³-hybridized carbons (Fsp3) is 0.545. The van der Waals surface area contributed by atoms with Crippen molar-refractivity contribution in [1.82, 2.24) is 14.9 Å². The van der Waals surface area contributed by atoms with E-state index in [0.29, 0.717) is 12.1 Å². The summed E-state index contributed by atoms with van der Waals surface area (Å²) in [6.45, 7) is 5.59. The molecule has 0 unspecified atom stereocenters. The zero-order valence-electron chi connectivity index (χ0n) is 15.6. The molecule has 4 heterocycles. The van der Waals surface area contributed by atoms with Gasteiger partial charge in [-0.1, -0.05) is 37.3 Å². The second-order valence-electron chi connectivity index (χ2n) is 8.37. The third-order valence-electron chi connectivity index (χ3n) is 6.47. The molecule has 1 aromatic carbocycles. The highest BCUT2D eigenvalue weighted by atomic mass is 15.3. The van der Waals surface area contributed by atoms with Crippen molar-refractivity contribution >= 4 is 5.95 Å². The van der Waals surface area contributed by atoms with Gasteiger partial charge < -0.3 is 4.90 Å². The molecular weight excluding hydrogens is 320 g/mol. The molecular formula is C22H28N4. The van der Waals surface area contributed by atoms with Crippen LogP contribution in [-0.4, -0.2) is 34.0 Å². The Bertz CT molecular complexity index is 775. The van der Waals surface area contributed by atoms with Gasteiger partial charge in [0, 0.05) is 49.9 Å². The van der Waals surface area contributed by atoms with Gasteiger partial charge in [0.1, 0.15) is 0 Å². The van der Waals surface area contributed by atoms with Crippen molar-refractivity contribution in [2.45, 2.75) is 57.7 Å². The molecule has 0 radical (unpaired) electrons. The minimum Gasteiger partial charge on any atom is -0.341 e. The molecule has 2 bridgehead atoms. The summed E-state index contributed by atoms with van der Waals surface area (Å²) >= 11 is 0. The van der Waals surface area contributed by atoms with Gasteiger partial charge in [-0.25, -0.2) is 9.97 Å². The summed E-state index contributed by atoms with van der Waals surface area (Å²) in [5.41, 5.74) is 4.10. The molecule has 2 aromatic rings. The van der Waals surface area contributed by atoms with Crippen LogP contribution in [0.3, 0.4) is 0 Å². The summed E-state index contributed by atoms with van der Waals surface area (Å²) in [5, 5.41) is 0. The molecule has 2 fully saturated rings. The van der Waals surface area contributed by atoms with Gasteiger partial charge in [-0.15, -0.1) is 0 Å². The lowest BCUT2D eigenvalue weighted by atomic mass is 9.98. The van der Waals surface area contributed by atoms with Gasteiger partial charge in [-0.05, 0) is 37.2 Å². The van der Waals surface area contributed by atoms with Crippen molar-refractivity contribution in [3.05, 3.63) is 53.3 Å². The molecule has 26 heavy (non-hydrogen) atoms. The molecule has 2 saturated heterocycles. The number of aromatic nitrogens is 2. The number of hydrogen-bond acceptors (Lipinski definition) is 4. The average Bonchev–Trinajstić information content (AvgIpc) is 2.94. The molecule has 0 N–H and O–H groups in total. The van der Waals surface area contributed by atoms with Crippen molar-refractivity contribution in [3.8, 4) is 0 Å². The van der Waals surface area contributed by atoms with Crippen LogP contribution < -0.4 is 4.90 Å². The lowest BCUT2D eigenvalue weighted by Crippen LogP contribution is -2.39. The van der Waals surface area contributed by atoms with Crippen molar-refractivity contribution < 1.29 is 0 Å². The first-order chi connectivity index (χ1) is 12.8. The molecule has 3 aliphatic rings. The van der Waals surface area contributed by atoms with Crippen LogP contribution in [0.1, 0.15) is 55.5 Å². The third kappa shape index (κ3) is 2.90. The number of anilines is 1. The zero-order chi connectivity index (χ0) is 17.5. The maximum atomic E-state index is 5.04. The zero-order valence-corrected chi connectivity index (χ0v) is 15.6. The number of benzene rings is 1. The molecule has 1 aromatic heterocycles. The highest BCUT2D eigenvalue weighted by Crippen LogP contribution is 2.44. The van der Waals surface area contributed by atoms with Gasteiger partial charge in [0.2, 0.25) is 5.95 Å². The molecule has 0 spiro atoms. The maximum absolute atomic E-state index is 5.04. The number of fused-ring (bicyclic) bond motifs is 4. The Balaban J connectivity index is 1.39. The van der Waals surface area contributed by atoms with Crippen molar-refractivity contribution in [1.29, 1.82) is 0 Å². The summed E-state index contributed by atoms with van der Waals surface area (Å²) in [7, 11) is 0. The summed E-state index contributed by atoms with van der Waals surface area (Å²) in [5.74, 6) is 1.71. The largest absolute Gasteiger partial charge is 0.341 e. The molecule has 4 heteroatoms. The van der Waals surface area contributed by atoms with Gasteiger partial charge in [0.05, 0.1) is 5.69 Å². The summed E-state index contributed by atoms with van der Waals surface area (Å²) < 4.78 is 0. The average molecular weight is 348 g/mol. The molecule has 4 nitrogen and oxygen atoms in total. The Labute approximate surface area is 156 Å². The van der Waals surface area contributed by atoms with Crippen LogP contribution in [0.2, 0.25) is 0 Å². The number of rotatable bonds is 3. The monoisotopic (exact) mass is 348 g/mol. The normalized spacial score (nSPS) is 28.2. The minimum absolute atomic E-state index is 0.498. The molecule has 0 amide bonds. The van der Waals surface area contributed by atoms with E-state index in [-0.39, 0.29) is 0 Å². The third-order valence-corrected chi connectivity index (χ3v) is 6.47. The molecule has 0 saturated carbocycles. The fourth-order valence-electron chi connectivity index (χ4n) is 5.13. The Hall–Kier alpha value is -1.94. The van der Waals surface area contributed by atoms with Gasteiger partial charge in [-0.2, -0.15) is 0 Å². The van der Waals surface area contributed by atoms with Crippen molar-refractivity contribution in [3.63, 3.8) is 0 Å². The van der Waals surface area contributed by atoms with Crippen LogP contribution in [0.4, 0.5) is 5.95 Å². The van der Waals surface area contributed by atoms with Gasteiger partial charge in [0.25, 0.3) is 0 Å². The number of piperidine rings is 1. The Kier molecular flexibility index (Phi) is 4.16. The first kappa shape index (κ1) is 16.2. The van der Waals surface area contributed by atoms with E-state index >= 15 is 0 Å². The van der Waals surface area contributed by atoms with Crippen molar-refractivity contribution in [2.75, 3.05) is 18.0 Å². The topological polar surface area (TPSA) is 32.3 Å². The first-order valence-corrected chi connectivity index (χ1v) is 10.2. The van der Waals surface area contributed by atoms with E-state index in [1.165, 1.54) is 42.5 Å². The molecule has 5 rings (SSSR count). The molecule has 0 aliphatic carbocycles. The van der Waals surface area contributed by atoms with E-state index in [0.717, 1.165) is 37.9 Å². The predicted octanol–water partition coefficient (Wildman–Crippen LogP) is 3.97. The molecule has 3 aliphatic heterocycles. The summed E-state index contributed by atoms with van der Waals surface area (Å²) in [6.07, 6.45) is 8.34. The minimum atomic E-state index is 0.498. The van der Waals surface area contributed by atoms with E-state index in [4.69, 9.17) is 9.97 Å². The maximum Gasteiger partial charge on any atom is 0.225 e. The SMILES string of the molecule is C[C@H]1CCCN(c2ncc3c(n2)C[C@@H]2CC[C@@H]3N2Cc2ccccc2)C1. The predicted molar refractivity (Wildman–Crippen MR) is 104 cm³/mol. The summed E-state index contributed by atoms with van der Waals surface area (Å²) in [6, 6.07) is 12.0. The highest BCUT2D eigenvalue weighted by molar-refractivity contribution is 5.38. The Morgan fingerprint density at radius 3 is 2.85 bits per heavy atom. The lowest BCUT2D eigenvalue weighted by molar-refractivity contribution is 0.166. The second kappa shape index (κ2) is 6.66. The second-order valence-corrected chi connectivity index (χ2v) is 8.37. The van der Waals surface area contributed by atoms with E-state index in [1.54, 1.807) is 0 Å². The van der Waals surface area contributed by atoms with E-state index in [9.17, 15) is 0 Å². The fourth-order valence-corrected chi connectivity index (χ4v) is 5.13. The standard InChI is InChI=1S/C22H28N4/c1-16-6-5-11-25(14-16)22-23-13-19-20(24-22)12-18-9-10-21(19)26(18)15-17-7-3-2-4-8-17/h2-4,7-8,13,16,18,21H,5-6,9-12,14-15H2,1H3/t16-,18-,21-/m0/s1. The molecule has 3 atom stereocenters. The van der Waals surface area contributed by atoms with Gasteiger partial charge >= 0.3 is 0 Å². The van der Waals surface area contributed by atoms with E-state index in [1.807, 2.05) is 0 Å². The molecule has 136 valence electrons. The Morgan fingerprint density at radius 2 is 2.00 bits per heavy atom. The first-order valence-electron chi connectivity index (χ1n) is 10.2. The van der Waals surface area contributed by atoms with Crippen LogP contribution in [0, 0.1) is 5.92 Å². The van der Waals surface area contributed by atoms with Crippen LogP contribution in [0.5, 0.6) is 0 Å². The summed E-state index contributed by atoms with van der Waals surface area (Å²) in [4.78, 5) is 14.9. The Morgan fingerprint density at radius 1 is 1.12 bits per heavy atom. The van der Waals surface area contributed by atoms with Gasteiger partial charge in [0.15, 0.2) is 0 Å². The van der Waals surface area contributed by atoms with E-state index in [2.05, 4.69) is 53.3 Å². The number of hydrogen-bond donors (Lipinski definition) is 0. The van der Waals surface area contributed by atoms with Crippen LogP contribution >= 0.6 is 0 Å². The van der Waals surface area contributed by atoms with Crippen molar-refractivity contribution in [2.24, 2.45) is 5.92 Å². The lowest BCUT2D eigenvalue weighted by Gasteiger charge is -2.37. The van der Waals surface area contributed by atoms with Crippen LogP contribution in [0.25, 0.3) is 0 Å².